The summed E-state index contributed by atoms with van der Waals surface area (Å²) < 4.78 is 0. The number of hydrazine groups is 1. The van der Waals surface area contributed by atoms with Gasteiger partial charge in [0, 0.05) is 35.3 Å². The van der Waals surface area contributed by atoms with Crippen LogP contribution in [0.25, 0.3) is 10.2 Å². The van der Waals surface area contributed by atoms with Crippen molar-refractivity contribution >= 4 is 39.2 Å². The molecule has 3 aromatic heterocycles. The Morgan fingerprint density at radius 2 is 1.79 bits per heavy atom. The molecule has 0 bridgehead atoms. The summed E-state index contributed by atoms with van der Waals surface area (Å²) in [5.74, 6) is 1.33. The highest BCUT2D eigenvalue weighted by molar-refractivity contribution is 7.18. The Morgan fingerprint density at radius 1 is 1.10 bits per heavy atom. The fourth-order valence-electron chi connectivity index (χ4n) is 3.76. The number of aryl methyl sites for hydroxylation is 4. The number of hydrogen-bond acceptors (Lipinski definition) is 8. The van der Waals surface area contributed by atoms with Crippen LogP contribution in [0.5, 0.6) is 0 Å². The Kier molecular flexibility index (Phi) is 5.31. The zero-order valence-electron chi connectivity index (χ0n) is 17.1. The summed E-state index contributed by atoms with van der Waals surface area (Å²) in [4.78, 5) is 34.7. The van der Waals surface area contributed by atoms with Gasteiger partial charge < -0.3 is 4.90 Å². The van der Waals surface area contributed by atoms with E-state index in [1.807, 2.05) is 19.9 Å². The number of anilines is 2. The van der Waals surface area contributed by atoms with Crippen LogP contribution in [0.4, 0.5) is 11.8 Å². The van der Waals surface area contributed by atoms with Gasteiger partial charge in [0.2, 0.25) is 11.9 Å². The van der Waals surface area contributed by atoms with E-state index in [0.29, 0.717) is 5.95 Å². The van der Waals surface area contributed by atoms with Crippen LogP contribution in [-0.4, -0.2) is 38.9 Å². The second kappa shape index (κ2) is 7.90. The van der Waals surface area contributed by atoms with Crippen molar-refractivity contribution in [3.05, 3.63) is 34.2 Å². The number of nitrogens with one attached hydrogen (secondary N) is 2. The van der Waals surface area contributed by atoms with Crippen LogP contribution in [-0.2, 0) is 4.79 Å². The molecule has 1 fully saturated rings. The maximum Gasteiger partial charge on any atom is 0.242 e. The number of carbonyl (C=O) groups excluding carboxylic acids is 1. The summed E-state index contributed by atoms with van der Waals surface area (Å²) in [5.41, 5.74) is 8.58. The van der Waals surface area contributed by atoms with E-state index in [9.17, 15) is 4.79 Å². The third-order valence-electron chi connectivity index (χ3n) is 5.39. The zero-order valence-corrected chi connectivity index (χ0v) is 17.9. The van der Waals surface area contributed by atoms with Crippen LogP contribution >= 0.6 is 11.3 Å². The molecule has 0 aliphatic carbocycles. The van der Waals surface area contributed by atoms with E-state index in [4.69, 9.17) is 0 Å². The lowest BCUT2D eigenvalue weighted by atomic mass is 9.96. The molecule has 0 atom stereocenters. The van der Waals surface area contributed by atoms with Gasteiger partial charge in [0.15, 0.2) is 0 Å². The van der Waals surface area contributed by atoms with Crippen molar-refractivity contribution < 1.29 is 4.79 Å². The number of hydrogen-bond donors (Lipinski definition) is 2. The maximum absolute atomic E-state index is 12.6. The summed E-state index contributed by atoms with van der Waals surface area (Å²) in [6.45, 7) is 9.63. The van der Waals surface area contributed by atoms with E-state index in [1.54, 1.807) is 17.7 Å². The van der Waals surface area contributed by atoms with Crippen molar-refractivity contribution in [3.63, 3.8) is 0 Å². The first-order valence-corrected chi connectivity index (χ1v) is 10.6. The van der Waals surface area contributed by atoms with Crippen molar-refractivity contribution in [2.24, 2.45) is 5.92 Å². The molecule has 0 aromatic carbocycles. The molecule has 8 nitrogen and oxygen atoms in total. The van der Waals surface area contributed by atoms with Gasteiger partial charge in [0.25, 0.3) is 0 Å². The highest BCUT2D eigenvalue weighted by atomic mass is 32.1. The minimum Gasteiger partial charge on any atom is -0.356 e. The topological polar surface area (TPSA) is 95.9 Å². The number of amides is 1. The average Bonchev–Trinajstić information content (AvgIpc) is 2.99. The van der Waals surface area contributed by atoms with Crippen LogP contribution < -0.4 is 15.8 Å². The molecule has 152 valence electrons. The number of piperidine rings is 1. The lowest BCUT2D eigenvalue weighted by molar-refractivity contribution is -0.125. The number of nitrogens with zero attached hydrogens (tertiary/aromatic N) is 5. The van der Waals surface area contributed by atoms with E-state index in [2.05, 4.69) is 49.5 Å². The first kappa shape index (κ1) is 19.5. The Balaban J connectivity index is 1.39. The highest BCUT2D eigenvalue weighted by Crippen LogP contribution is 2.35. The summed E-state index contributed by atoms with van der Waals surface area (Å²) in [6.07, 6.45) is 3.18. The fraction of sp³-hybridized carbons (Fsp3) is 0.450. The summed E-state index contributed by atoms with van der Waals surface area (Å²) in [7, 11) is 0. The van der Waals surface area contributed by atoms with Gasteiger partial charge in [-0.25, -0.2) is 19.9 Å². The molecular weight excluding hydrogens is 386 g/mol. The van der Waals surface area contributed by atoms with Crippen molar-refractivity contribution in [2.45, 2.75) is 40.5 Å². The summed E-state index contributed by atoms with van der Waals surface area (Å²) in [6, 6.07) is 1.89. The molecule has 3 aromatic rings. The SMILES string of the molecule is Cc1cc(C)nc(NNC(=O)C2CCN(c3ncnc4sc(C)c(C)c34)CC2)n1. The number of fused-ring (bicyclic) bond motifs is 1. The van der Waals surface area contributed by atoms with E-state index in [-0.39, 0.29) is 11.8 Å². The van der Waals surface area contributed by atoms with E-state index in [1.165, 1.54) is 10.4 Å². The largest absolute Gasteiger partial charge is 0.356 e. The van der Waals surface area contributed by atoms with Crippen LogP contribution in [0, 0.1) is 33.6 Å². The predicted octanol–water partition coefficient (Wildman–Crippen LogP) is 3.07. The minimum atomic E-state index is -0.0488. The first-order valence-electron chi connectivity index (χ1n) is 9.76. The van der Waals surface area contributed by atoms with Gasteiger partial charge in [0.1, 0.15) is 17.0 Å². The van der Waals surface area contributed by atoms with E-state index in [0.717, 1.165) is 53.4 Å². The maximum atomic E-state index is 12.6. The van der Waals surface area contributed by atoms with Crippen molar-refractivity contribution in [1.29, 1.82) is 0 Å². The van der Waals surface area contributed by atoms with Crippen molar-refractivity contribution in [1.82, 2.24) is 25.4 Å². The lowest BCUT2D eigenvalue weighted by Gasteiger charge is -2.32. The molecular formula is C20H25N7OS. The Bertz CT molecular complexity index is 1040. The van der Waals surface area contributed by atoms with Crippen molar-refractivity contribution in [2.75, 3.05) is 23.4 Å². The number of aromatic nitrogens is 4. The zero-order chi connectivity index (χ0) is 20.5. The standard InChI is InChI=1S/C20H25N7OS/c1-11-9-12(2)24-20(23-11)26-25-18(28)15-5-7-27(8-6-15)17-16-13(3)14(4)29-19(16)22-10-21-17/h9-10,15H,5-8H2,1-4H3,(H,25,28)(H,23,24,26). The molecule has 1 saturated heterocycles. The molecule has 4 heterocycles. The van der Waals surface area contributed by atoms with Gasteiger partial charge in [-0.15, -0.1) is 11.3 Å². The number of rotatable bonds is 4. The monoisotopic (exact) mass is 411 g/mol. The Hall–Kier alpha value is -2.81. The van der Waals surface area contributed by atoms with Crippen LogP contribution in [0.15, 0.2) is 12.4 Å². The molecule has 1 amide bonds. The molecule has 2 N–H and O–H groups in total. The normalized spacial score (nSPS) is 15.0. The molecule has 29 heavy (non-hydrogen) atoms. The third kappa shape index (κ3) is 4.00. The fourth-order valence-corrected chi connectivity index (χ4v) is 4.75. The molecule has 9 heteroatoms. The number of carbonyl (C=O) groups is 1. The van der Waals surface area contributed by atoms with Crippen LogP contribution in [0.2, 0.25) is 0 Å². The molecule has 1 aliphatic rings. The van der Waals surface area contributed by atoms with Gasteiger partial charge >= 0.3 is 0 Å². The minimum absolute atomic E-state index is 0.0252. The molecule has 0 unspecified atom stereocenters. The first-order chi connectivity index (χ1) is 13.9. The average molecular weight is 412 g/mol. The molecule has 0 radical (unpaired) electrons. The molecule has 0 saturated carbocycles. The smallest absolute Gasteiger partial charge is 0.242 e. The van der Waals surface area contributed by atoms with Crippen molar-refractivity contribution in [3.8, 4) is 0 Å². The van der Waals surface area contributed by atoms with Crippen LogP contribution in [0.1, 0.15) is 34.7 Å². The van der Waals surface area contributed by atoms with Gasteiger partial charge in [-0.2, -0.15) is 0 Å². The molecule has 1 aliphatic heterocycles. The second-order valence-corrected chi connectivity index (χ2v) is 8.71. The van der Waals surface area contributed by atoms with Gasteiger partial charge in [-0.05, 0) is 52.2 Å². The van der Waals surface area contributed by atoms with Gasteiger partial charge in [0.05, 0.1) is 5.39 Å². The Labute approximate surface area is 173 Å². The van der Waals surface area contributed by atoms with E-state index >= 15 is 0 Å². The highest BCUT2D eigenvalue weighted by Gasteiger charge is 2.27. The predicted molar refractivity (Wildman–Crippen MR) is 115 cm³/mol. The Morgan fingerprint density at radius 3 is 2.48 bits per heavy atom. The van der Waals surface area contributed by atoms with Gasteiger partial charge in [-0.1, -0.05) is 0 Å². The van der Waals surface area contributed by atoms with Crippen LogP contribution in [0.3, 0.4) is 0 Å². The van der Waals surface area contributed by atoms with Gasteiger partial charge in [-0.3, -0.25) is 15.6 Å². The third-order valence-corrected chi connectivity index (χ3v) is 6.51. The quantitative estimate of drug-likeness (QED) is 0.637. The lowest BCUT2D eigenvalue weighted by Crippen LogP contribution is -2.42. The summed E-state index contributed by atoms with van der Waals surface area (Å²) >= 11 is 1.71. The van der Waals surface area contributed by atoms with E-state index < -0.39 is 0 Å². The second-order valence-electron chi connectivity index (χ2n) is 7.51. The molecule has 0 spiro atoms. The summed E-state index contributed by atoms with van der Waals surface area (Å²) in [5, 5.41) is 1.14. The molecule has 4 rings (SSSR count). The number of thiophene rings is 1.